The van der Waals surface area contributed by atoms with E-state index in [9.17, 15) is 27.6 Å². The molecule has 0 aromatic carbocycles. The summed E-state index contributed by atoms with van der Waals surface area (Å²) in [5.74, 6) is -3.03. The number of nitrogens with zero attached hydrogens (tertiary/aromatic N) is 2. The zero-order chi connectivity index (χ0) is 14.2. The van der Waals surface area contributed by atoms with Crippen LogP contribution >= 0.6 is 0 Å². The summed E-state index contributed by atoms with van der Waals surface area (Å²) in [5, 5.41) is 3.91. The Morgan fingerprint density at radius 3 is 1.21 bits per heavy atom. The van der Waals surface area contributed by atoms with Crippen molar-refractivity contribution in [2.75, 3.05) is 26.2 Å². The first-order chi connectivity index (χ1) is 8.79. The first-order valence-electron chi connectivity index (χ1n) is 5.19. The third-order valence-electron chi connectivity index (χ3n) is 2.49. The van der Waals surface area contributed by atoms with Gasteiger partial charge in [-0.1, -0.05) is 0 Å². The lowest BCUT2D eigenvalue weighted by Gasteiger charge is -2.32. The van der Waals surface area contributed by atoms with Crippen molar-refractivity contribution in [2.45, 2.75) is 0 Å². The number of amides is 4. The predicted molar refractivity (Wildman–Crippen MR) is 58.4 cm³/mol. The van der Waals surface area contributed by atoms with Crippen molar-refractivity contribution in [3.63, 3.8) is 0 Å². The van der Waals surface area contributed by atoms with Gasteiger partial charge in [0.05, 0.1) is 26.2 Å². The van der Waals surface area contributed by atoms with Gasteiger partial charge in [0.15, 0.2) is 0 Å². The number of carbonyl (C=O) groups is 4. The first-order valence-corrected chi connectivity index (χ1v) is 6.59. The van der Waals surface area contributed by atoms with Crippen LogP contribution in [0.3, 0.4) is 0 Å². The maximum absolute atomic E-state index is 12.1. The van der Waals surface area contributed by atoms with Gasteiger partial charge in [-0.3, -0.25) is 29.8 Å². The SMILES string of the molecule is O=C1CN(S(=O)(=O)N2CC(=O)NC(=O)C2)CC(=O)N1. The van der Waals surface area contributed by atoms with Crippen LogP contribution in [-0.2, 0) is 29.4 Å². The Kier molecular flexibility index (Phi) is 3.34. The number of rotatable bonds is 2. The van der Waals surface area contributed by atoms with Gasteiger partial charge in [-0.15, -0.1) is 0 Å². The summed E-state index contributed by atoms with van der Waals surface area (Å²) in [6.45, 7) is -2.11. The van der Waals surface area contributed by atoms with Gasteiger partial charge in [0, 0.05) is 0 Å². The Morgan fingerprint density at radius 1 is 0.684 bits per heavy atom. The van der Waals surface area contributed by atoms with Crippen LogP contribution in [-0.4, -0.2) is 66.8 Å². The zero-order valence-corrected chi connectivity index (χ0v) is 10.4. The zero-order valence-electron chi connectivity index (χ0n) is 9.58. The van der Waals surface area contributed by atoms with Crippen molar-refractivity contribution in [2.24, 2.45) is 0 Å². The number of carbonyl (C=O) groups excluding carboxylic acids is 4. The van der Waals surface area contributed by atoms with Gasteiger partial charge in [0.25, 0.3) is 10.2 Å². The summed E-state index contributed by atoms with van der Waals surface area (Å²) in [7, 11) is -4.21. The molecule has 0 spiro atoms. The molecular formula is C8H10N4O6S. The quantitative estimate of drug-likeness (QED) is 0.500. The van der Waals surface area contributed by atoms with Crippen molar-refractivity contribution < 1.29 is 27.6 Å². The number of piperazine rings is 2. The second-order valence-corrected chi connectivity index (χ2v) is 5.92. The van der Waals surface area contributed by atoms with Gasteiger partial charge in [-0.2, -0.15) is 17.0 Å². The summed E-state index contributed by atoms with van der Waals surface area (Å²) in [6.07, 6.45) is 0. The van der Waals surface area contributed by atoms with Gasteiger partial charge in [0.1, 0.15) is 0 Å². The van der Waals surface area contributed by atoms with Crippen molar-refractivity contribution in [3.05, 3.63) is 0 Å². The van der Waals surface area contributed by atoms with E-state index in [1.165, 1.54) is 0 Å². The molecular weight excluding hydrogens is 280 g/mol. The van der Waals surface area contributed by atoms with Gasteiger partial charge in [-0.25, -0.2) is 0 Å². The van der Waals surface area contributed by atoms with Crippen molar-refractivity contribution in [1.29, 1.82) is 0 Å². The smallest absolute Gasteiger partial charge is 0.283 e. The van der Waals surface area contributed by atoms with E-state index in [1.54, 1.807) is 0 Å². The second-order valence-electron chi connectivity index (χ2n) is 3.99. The van der Waals surface area contributed by atoms with Crippen molar-refractivity contribution >= 4 is 33.8 Å². The summed E-state index contributed by atoms with van der Waals surface area (Å²) >= 11 is 0. The van der Waals surface area contributed by atoms with Crippen molar-refractivity contribution in [3.8, 4) is 0 Å². The molecule has 2 rings (SSSR count). The third-order valence-corrected chi connectivity index (χ3v) is 4.31. The van der Waals surface area contributed by atoms with E-state index in [0.29, 0.717) is 8.61 Å². The molecule has 2 fully saturated rings. The van der Waals surface area contributed by atoms with Crippen LogP contribution in [0.2, 0.25) is 0 Å². The fourth-order valence-electron chi connectivity index (χ4n) is 1.71. The molecule has 4 amide bonds. The molecule has 104 valence electrons. The van der Waals surface area contributed by atoms with E-state index in [2.05, 4.69) is 0 Å². The highest BCUT2D eigenvalue weighted by atomic mass is 32.2. The summed E-state index contributed by atoms with van der Waals surface area (Å²) in [6, 6.07) is 0. The van der Waals surface area contributed by atoms with Gasteiger partial charge < -0.3 is 0 Å². The number of hydrogen-bond acceptors (Lipinski definition) is 6. The van der Waals surface area contributed by atoms with Crippen LogP contribution in [0, 0.1) is 0 Å². The van der Waals surface area contributed by atoms with E-state index in [4.69, 9.17) is 0 Å². The maximum atomic E-state index is 12.1. The number of hydrogen-bond donors (Lipinski definition) is 2. The highest BCUT2D eigenvalue weighted by Gasteiger charge is 2.39. The van der Waals surface area contributed by atoms with Crippen molar-refractivity contribution in [1.82, 2.24) is 19.2 Å². The molecule has 0 unspecified atom stereocenters. The minimum absolute atomic E-state index is 0.527. The molecule has 10 nitrogen and oxygen atoms in total. The molecule has 19 heavy (non-hydrogen) atoms. The molecule has 0 radical (unpaired) electrons. The standard InChI is InChI=1S/C8H10N4O6S/c13-5-1-11(2-6(14)9-5)19(17,18)12-3-7(15)10-8(16)4-12/h1-4H2,(H,9,13,14)(H,10,15,16). The fraction of sp³-hybridized carbons (Fsp3) is 0.500. The fourth-order valence-corrected chi connectivity index (χ4v) is 3.16. The highest BCUT2D eigenvalue weighted by molar-refractivity contribution is 7.86. The number of nitrogens with one attached hydrogen (secondary N) is 2. The Labute approximate surface area is 107 Å². The van der Waals surface area contributed by atoms with Crippen LogP contribution in [0.15, 0.2) is 0 Å². The lowest BCUT2D eigenvalue weighted by atomic mass is 10.4. The Hall–Kier alpha value is -1.85. The van der Waals surface area contributed by atoms with E-state index < -0.39 is 60.0 Å². The molecule has 0 atom stereocenters. The Morgan fingerprint density at radius 2 is 0.947 bits per heavy atom. The lowest BCUT2D eigenvalue weighted by molar-refractivity contribution is -0.134. The summed E-state index contributed by atoms with van der Waals surface area (Å²) in [4.78, 5) is 44.6. The molecule has 0 aromatic heterocycles. The normalized spacial score (nSPS) is 23.2. The molecule has 2 aliphatic heterocycles. The molecule has 0 bridgehead atoms. The topological polar surface area (TPSA) is 133 Å². The molecule has 2 saturated heterocycles. The second kappa shape index (κ2) is 4.68. The molecule has 11 heteroatoms. The van der Waals surface area contributed by atoms with Gasteiger partial charge in [-0.05, 0) is 0 Å². The lowest BCUT2D eigenvalue weighted by Crippen LogP contribution is -2.60. The van der Waals surface area contributed by atoms with E-state index >= 15 is 0 Å². The molecule has 2 N–H and O–H groups in total. The number of imide groups is 2. The van der Waals surface area contributed by atoms with Crippen LogP contribution in [0.25, 0.3) is 0 Å². The van der Waals surface area contributed by atoms with Crippen LogP contribution in [0.1, 0.15) is 0 Å². The molecule has 2 aliphatic rings. The summed E-state index contributed by atoms with van der Waals surface area (Å²) in [5.41, 5.74) is 0. The molecule has 0 aromatic rings. The molecule has 0 aliphatic carbocycles. The predicted octanol–water partition coefficient (Wildman–Crippen LogP) is -3.85. The van der Waals surface area contributed by atoms with E-state index in [-0.39, 0.29) is 0 Å². The third kappa shape index (κ3) is 2.77. The van der Waals surface area contributed by atoms with Gasteiger partial charge >= 0.3 is 0 Å². The largest absolute Gasteiger partial charge is 0.294 e. The average molecular weight is 290 g/mol. The maximum Gasteiger partial charge on any atom is 0.283 e. The van der Waals surface area contributed by atoms with Crippen LogP contribution in [0.4, 0.5) is 0 Å². The Balaban J connectivity index is 2.21. The average Bonchev–Trinajstić information content (AvgIpc) is 2.26. The van der Waals surface area contributed by atoms with E-state index in [1.807, 2.05) is 10.6 Å². The molecule has 2 heterocycles. The monoisotopic (exact) mass is 290 g/mol. The minimum atomic E-state index is -4.21. The van der Waals surface area contributed by atoms with E-state index in [0.717, 1.165) is 0 Å². The molecule has 0 saturated carbocycles. The Bertz CT molecular complexity index is 494. The van der Waals surface area contributed by atoms with Crippen LogP contribution < -0.4 is 10.6 Å². The summed E-state index contributed by atoms with van der Waals surface area (Å²) < 4.78 is 25.5. The first kappa shape index (κ1) is 13.6. The van der Waals surface area contributed by atoms with Crippen LogP contribution in [0.5, 0.6) is 0 Å². The minimum Gasteiger partial charge on any atom is -0.294 e. The van der Waals surface area contributed by atoms with Gasteiger partial charge in [0.2, 0.25) is 23.6 Å². The highest BCUT2D eigenvalue weighted by Crippen LogP contribution is 2.11.